The number of hydrogen-bond acceptors (Lipinski definition) is 6. The van der Waals surface area contributed by atoms with E-state index in [1.54, 1.807) is 23.4 Å². The van der Waals surface area contributed by atoms with Crippen molar-refractivity contribution in [1.29, 1.82) is 0 Å². The molecule has 1 amide bonds. The number of nitrogens with zero attached hydrogens (tertiary/aromatic N) is 5. The van der Waals surface area contributed by atoms with Crippen LogP contribution in [0.3, 0.4) is 0 Å². The molecule has 0 aromatic carbocycles. The van der Waals surface area contributed by atoms with Crippen LogP contribution >= 0.6 is 0 Å². The van der Waals surface area contributed by atoms with Crippen molar-refractivity contribution in [1.82, 2.24) is 24.4 Å². The van der Waals surface area contributed by atoms with Crippen LogP contribution in [0.15, 0.2) is 40.3 Å². The van der Waals surface area contributed by atoms with Crippen molar-refractivity contribution in [3.63, 3.8) is 0 Å². The first-order chi connectivity index (χ1) is 11.1. The highest BCUT2D eigenvalue weighted by molar-refractivity contribution is 5.76. The summed E-state index contributed by atoms with van der Waals surface area (Å²) in [6.07, 6.45) is 4.69. The molecule has 2 aromatic heterocycles. The zero-order valence-corrected chi connectivity index (χ0v) is 12.4. The molecule has 1 saturated heterocycles. The normalized spacial score (nSPS) is 14.8. The Bertz CT molecular complexity index is 792. The lowest BCUT2D eigenvalue weighted by atomic mass is 10.3. The van der Waals surface area contributed by atoms with Crippen LogP contribution in [0.5, 0.6) is 0 Å². The van der Waals surface area contributed by atoms with Gasteiger partial charge in [-0.1, -0.05) is 0 Å². The number of H-pyrrole nitrogens is 1. The van der Waals surface area contributed by atoms with Gasteiger partial charge in [0.1, 0.15) is 6.54 Å². The van der Waals surface area contributed by atoms with Gasteiger partial charge in [0.2, 0.25) is 11.9 Å². The van der Waals surface area contributed by atoms with Gasteiger partial charge < -0.3 is 9.80 Å². The molecule has 1 fully saturated rings. The highest BCUT2D eigenvalue weighted by Crippen LogP contribution is 2.09. The Morgan fingerprint density at radius 2 is 1.83 bits per heavy atom. The molecule has 3 heterocycles. The topological polar surface area (TPSA) is 104 Å². The van der Waals surface area contributed by atoms with E-state index in [0.717, 1.165) is 0 Å². The molecule has 0 atom stereocenters. The maximum Gasteiger partial charge on any atom is 0.328 e. The van der Waals surface area contributed by atoms with Gasteiger partial charge in [-0.2, -0.15) is 0 Å². The Labute approximate surface area is 131 Å². The summed E-state index contributed by atoms with van der Waals surface area (Å²) in [5.41, 5.74) is -1.06. The molecule has 3 rings (SSSR count). The Morgan fingerprint density at radius 3 is 2.48 bits per heavy atom. The molecule has 9 heteroatoms. The van der Waals surface area contributed by atoms with Crippen LogP contribution < -0.4 is 16.1 Å². The molecule has 0 unspecified atom stereocenters. The van der Waals surface area contributed by atoms with E-state index in [2.05, 4.69) is 15.0 Å². The van der Waals surface area contributed by atoms with Crippen molar-refractivity contribution in [2.75, 3.05) is 31.1 Å². The fourth-order valence-corrected chi connectivity index (χ4v) is 2.42. The second-order valence-corrected chi connectivity index (χ2v) is 5.15. The highest BCUT2D eigenvalue weighted by Gasteiger charge is 2.22. The van der Waals surface area contributed by atoms with E-state index < -0.39 is 11.2 Å². The summed E-state index contributed by atoms with van der Waals surface area (Å²) in [7, 11) is 0. The smallest absolute Gasteiger partial charge is 0.328 e. The lowest BCUT2D eigenvalue weighted by molar-refractivity contribution is -0.132. The van der Waals surface area contributed by atoms with E-state index in [-0.39, 0.29) is 12.5 Å². The van der Waals surface area contributed by atoms with Crippen LogP contribution in [0.1, 0.15) is 0 Å². The summed E-state index contributed by atoms with van der Waals surface area (Å²) < 4.78 is 1.19. The summed E-state index contributed by atoms with van der Waals surface area (Å²) in [6, 6.07) is 2.98. The van der Waals surface area contributed by atoms with Crippen LogP contribution in [-0.2, 0) is 11.3 Å². The van der Waals surface area contributed by atoms with E-state index in [9.17, 15) is 14.4 Å². The predicted molar refractivity (Wildman–Crippen MR) is 82.1 cm³/mol. The van der Waals surface area contributed by atoms with Gasteiger partial charge in [-0.15, -0.1) is 0 Å². The van der Waals surface area contributed by atoms with Crippen molar-refractivity contribution in [2.45, 2.75) is 6.54 Å². The number of carbonyl (C=O) groups excluding carboxylic acids is 1. The summed E-state index contributed by atoms with van der Waals surface area (Å²) in [5, 5.41) is 0. The first-order valence-electron chi connectivity index (χ1n) is 7.23. The SMILES string of the molecule is O=C(Cn1ccc(=O)[nH]c1=O)N1CCN(c2ncccn2)CC1. The minimum absolute atomic E-state index is 0.0859. The Hall–Kier alpha value is -2.97. The van der Waals surface area contributed by atoms with Crippen molar-refractivity contribution in [2.24, 2.45) is 0 Å². The second-order valence-electron chi connectivity index (χ2n) is 5.15. The molecule has 0 radical (unpaired) electrons. The predicted octanol–water partition coefficient (Wildman–Crippen LogP) is -1.32. The van der Waals surface area contributed by atoms with Gasteiger partial charge >= 0.3 is 5.69 Å². The van der Waals surface area contributed by atoms with Gasteiger partial charge in [0.25, 0.3) is 5.56 Å². The van der Waals surface area contributed by atoms with Crippen molar-refractivity contribution >= 4 is 11.9 Å². The first kappa shape index (κ1) is 14.9. The minimum atomic E-state index is -0.581. The van der Waals surface area contributed by atoms with Gasteiger partial charge in [0.15, 0.2) is 0 Å². The van der Waals surface area contributed by atoms with Crippen molar-refractivity contribution < 1.29 is 4.79 Å². The van der Waals surface area contributed by atoms with E-state index >= 15 is 0 Å². The molecule has 1 aliphatic rings. The summed E-state index contributed by atoms with van der Waals surface area (Å²) in [5.74, 6) is 0.490. The third-order valence-electron chi connectivity index (χ3n) is 3.67. The van der Waals surface area contributed by atoms with Crippen LogP contribution in [-0.4, -0.2) is 56.5 Å². The minimum Gasteiger partial charge on any atom is -0.338 e. The lowest BCUT2D eigenvalue weighted by Gasteiger charge is -2.34. The third-order valence-corrected chi connectivity index (χ3v) is 3.67. The first-order valence-corrected chi connectivity index (χ1v) is 7.23. The zero-order valence-electron chi connectivity index (χ0n) is 12.4. The molecule has 120 valence electrons. The Morgan fingerprint density at radius 1 is 1.13 bits per heavy atom. The number of aromatic nitrogens is 4. The maximum atomic E-state index is 12.3. The molecule has 0 saturated carbocycles. The number of carbonyl (C=O) groups is 1. The van der Waals surface area contributed by atoms with Crippen LogP contribution in [0.4, 0.5) is 5.95 Å². The Kier molecular flexibility index (Phi) is 4.18. The number of piperazine rings is 1. The summed E-state index contributed by atoms with van der Waals surface area (Å²) in [6.45, 7) is 2.26. The lowest BCUT2D eigenvalue weighted by Crippen LogP contribution is -2.50. The highest BCUT2D eigenvalue weighted by atomic mass is 16.2. The largest absolute Gasteiger partial charge is 0.338 e. The maximum absolute atomic E-state index is 12.3. The second kappa shape index (κ2) is 6.42. The zero-order chi connectivity index (χ0) is 16.2. The van der Waals surface area contributed by atoms with E-state index in [1.165, 1.54) is 16.8 Å². The fourth-order valence-electron chi connectivity index (χ4n) is 2.42. The van der Waals surface area contributed by atoms with Gasteiger partial charge in [-0.05, 0) is 6.07 Å². The number of nitrogens with one attached hydrogen (secondary N) is 1. The molecule has 2 aromatic rings. The van der Waals surface area contributed by atoms with E-state index in [0.29, 0.717) is 32.1 Å². The number of hydrogen-bond donors (Lipinski definition) is 1. The van der Waals surface area contributed by atoms with Crippen LogP contribution in [0.25, 0.3) is 0 Å². The van der Waals surface area contributed by atoms with Gasteiger partial charge in [0, 0.05) is 50.8 Å². The average Bonchev–Trinajstić information content (AvgIpc) is 2.58. The quantitative estimate of drug-likeness (QED) is 0.753. The van der Waals surface area contributed by atoms with Crippen molar-refractivity contribution in [3.05, 3.63) is 51.6 Å². The molecule has 1 aliphatic heterocycles. The monoisotopic (exact) mass is 316 g/mol. The molecular formula is C14H16N6O3. The average molecular weight is 316 g/mol. The van der Waals surface area contributed by atoms with Crippen LogP contribution in [0.2, 0.25) is 0 Å². The third kappa shape index (κ3) is 3.44. The Balaban J connectivity index is 1.60. The molecule has 0 spiro atoms. The number of amides is 1. The van der Waals surface area contributed by atoms with Gasteiger partial charge in [0.05, 0.1) is 0 Å². The molecule has 1 N–H and O–H groups in total. The summed E-state index contributed by atoms with van der Waals surface area (Å²) in [4.78, 5) is 49.1. The summed E-state index contributed by atoms with van der Waals surface area (Å²) >= 11 is 0. The number of rotatable bonds is 3. The standard InChI is InChI=1S/C14H16N6O3/c21-11-2-5-20(14(23)17-11)10-12(22)18-6-8-19(9-7-18)13-15-3-1-4-16-13/h1-5H,6-10H2,(H,17,21,23). The van der Waals surface area contributed by atoms with E-state index in [1.807, 2.05) is 4.90 Å². The van der Waals surface area contributed by atoms with Gasteiger partial charge in [-0.25, -0.2) is 14.8 Å². The van der Waals surface area contributed by atoms with E-state index in [4.69, 9.17) is 0 Å². The van der Waals surface area contributed by atoms with Gasteiger partial charge in [-0.3, -0.25) is 19.1 Å². The molecule has 23 heavy (non-hydrogen) atoms. The molecule has 9 nitrogen and oxygen atoms in total. The van der Waals surface area contributed by atoms with Crippen LogP contribution in [0, 0.1) is 0 Å². The molecular weight excluding hydrogens is 300 g/mol. The van der Waals surface area contributed by atoms with Crippen molar-refractivity contribution in [3.8, 4) is 0 Å². The molecule has 0 bridgehead atoms. The molecule has 0 aliphatic carbocycles. The number of aromatic amines is 1. The number of anilines is 1. The fraction of sp³-hybridized carbons (Fsp3) is 0.357.